The fourth-order valence-corrected chi connectivity index (χ4v) is 3.58. The first-order valence-electron chi connectivity index (χ1n) is 8.33. The van der Waals surface area contributed by atoms with Crippen LogP contribution in [0.5, 0.6) is 0 Å². The number of nitro groups is 1. The first kappa shape index (κ1) is 18.8. The minimum absolute atomic E-state index is 0.0432. The van der Waals surface area contributed by atoms with Crippen molar-refractivity contribution < 1.29 is 9.72 Å². The summed E-state index contributed by atoms with van der Waals surface area (Å²) in [5.74, 6) is -0.274. The fourth-order valence-electron chi connectivity index (χ4n) is 2.62. The molecule has 8 nitrogen and oxygen atoms in total. The van der Waals surface area contributed by atoms with Gasteiger partial charge in [0.1, 0.15) is 0 Å². The molecular formula is C19H12ClN5O3S. The van der Waals surface area contributed by atoms with Gasteiger partial charge in [-0.2, -0.15) is 4.98 Å². The largest absolute Gasteiger partial charge is 0.290 e. The van der Waals surface area contributed by atoms with Crippen LogP contribution in [-0.2, 0) is 4.79 Å². The van der Waals surface area contributed by atoms with E-state index in [1.807, 2.05) is 17.5 Å². The molecule has 0 spiro atoms. The highest BCUT2D eigenvalue weighted by molar-refractivity contribution is 7.15. The zero-order valence-corrected chi connectivity index (χ0v) is 16.2. The first-order chi connectivity index (χ1) is 14.0. The van der Waals surface area contributed by atoms with Crippen molar-refractivity contribution in [1.29, 1.82) is 0 Å². The second kappa shape index (κ2) is 7.82. The molecule has 4 rings (SSSR count). The Hall–Kier alpha value is -3.56. The van der Waals surface area contributed by atoms with Gasteiger partial charge in [0.15, 0.2) is 0 Å². The Labute approximate surface area is 173 Å². The van der Waals surface area contributed by atoms with Crippen LogP contribution in [0.1, 0.15) is 5.56 Å². The molecule has 0 saturated carbocycles. The maximum Gasteiger partial charge on any atom is 0.270 e. The summed E-state index contributed by atoms with van der Waals surface area (Å²) in [5, 5.41) is 20.3. The number of rotatable bonds is 5. The molecule has 0 atom stereocenters. The Balaban J connectivity index is 1.51. The van der Waals surface area contributed by atoms with Crippen molar-refractivity contribution in [3.63, 3.8) is 0 Å². The molecule has 10 heteroatoms. The normalized spacial score (nSPS) is 11.2. The number of carbonyl (C=O) groups excluding carboxylic acids is 1. The lowest BCUT2D eigenvalue weighted by atomic mass is 10.2. The van der Waals surface area contributed by atoms with Crippen molar-refractivity contribution in [3.8, 4) is 11.3 Å². The zero-order chi connectivity index (χ0) is 20.4. The summed E-state index contributed by atoms with van der Waals surface area (Å²) >= 11 is 7.33. The van der Waals surface area contributed by atoms with Crippen molar-refractivity contribution in [2.45, 2.75) is 0 Å². The van der Waals surface area contributed by atoms with Crippen LogP contribution in [0.3, 0.4) is 0 Å². The van der Waals surface area contributed by atoms with Crippen LogP contribution in [0.4, 0.5) is 11.6 Å². The van der Waals surface area contributed by atoms with E-state index in [1.54, 1.807) is 28.8 Å². The number of nitrogens with zero attached hydrogens (tertiary/aromatic N) is 4. The highest BCUT2D eigenvalue weighted by Gasteiger charge is 2.12. The summed E-state index contributed by atoms with van der Waals surface area (Å²) in [4.78, 5) is 27.4. The maximum absolute atomic E-state index is 12.2. The van der Waals surface area contributed by atoms with Gasteiger partial charge in [-0.05, 0) is 23.8 Å². The number of nitrogens with one attached hydrogen (secondary N) is 1. The number of hydrogen-bond acceptors (Lipinski definition) is 6. The number of hydrogen-bond donors (Lipinski definition) is 1. The van der Waals surface area contributed by atoms with Crippen molar-refractivity contribution in [2.24, 2.45) is 0 Å². The summed E-state index contributed by atoms with van der Waals surface area (Å²) in [5.41, 5.74) is 2.26. The number of anilines is 1. The van der Waals surface area contributed by atoms with Gasteiger partial charge in [-0.3, -0.25) is 20.2 Å². The van der Waals surface area contributed by atoms with Crippen molar-refractivity contribution in [3.05, 3.63) is 80.7 Å². The van der Waals surface area contributed by atoms with Crippen LogP contribution in [0.25, 0.3) is 22.3 Å². The minimum Gasteiger partial charge on any atom is -0.290 e. The Morgan fingerprint density at radius 3 is 2.79 bits per heavy atom. The molecule has 1 amide bonds. The summed E-state index contributed by atoms with van der Waals surface area (Å²) in [6.45, 7) is 0. The van der Waals surface area contributed by atoms with E-state index >= 15 is 0 Å². The predicted molar refractivity (Wildman–Crippen MR) is 112 cm³/mol. The number of benzene rings is 2. The third kappa shape index (κ3) is 4.15. The number of thiazole rings is 1. The van der Waals surface area contributed by atoms with Gasteiger partial charge in [0.25, 0.3) is 17.5 Å². The molecule has 2 heterocycles. The Morgan fingerprint density at radius 2 is 2.03 bits per heavy atom. The smallest absolute Gasteiger partial charge is 0.270 e. The fraction of sp³-hybridized carbons (Fsp3) is 0. The monoisotopic (exact) mass is 425 g/mol. The van der Waals surface area contributed by atoms with Gasteiger partial charge < -0.3 is 0 Å². The molecule has 0 aliphatic heterocycles. The second-order valence-electron chi connectivity index (χ2n) is 5.93. The highest BCUT2D eigenvalue weighted by Crippen LogP contribution is 2.27. The van der Waals surface area contributed by atoms with Crippen molar-refractivity contribution >= 4 is 51.5 Å². The molecule has 2 aromatic carbocycles. The van der Waals surface area contributed by atoms with Crippen molar-refractivity contribution in [1.82, 2.24) is 14.6 Å². The molecule has 0 radical (unpaired) electrons. The van der Waals surface area contributed by atoms with E-state index < -0.39 is 10.8 Å². The van der Waals surface area contributed by atoms with E-state index in [1.165, 1.54) is 35.6 Å². The molecule has 144 valence electrons. The summed E-state index contributed by atoms with van der Waals surface area (Å²) in [6, 6.07) is 13.3. The second-order valence-corrected chi connectivity index (χ2v) is 7.21. The van der Waals surface area contributed by atoms with E-state index in [0.29, 0.717) is 15.5 Å². The highest BCUT2D eigenvalue weighted by atomic mass is 35.5. The number of halogens is 1. The predicted octanol–water partition coefficient (Wildman–Crippen LogP) is 4.67. The van der Waals surface area contributed by atoms with Crippen molar-refractivity contribution in [2.75, 3.05) is 5.32 Å². The average molecular weight is 426 g/mol. The standard InChI is InChI=1S/C19H12ClN5O3S/c20-14-7-5-13(6-8-14)16-11-29-19-22-18(23-24(16)19)21-17(26)9-4-12-2-1-3-15(10-12)25(27)28/h1-11H,(H,21,23,26)/b9-4+. The lowest BCUT2D eigenvalue weighted by Gasteiger charge is -1.99. The molecule has 2 aromatic heterocycles. The Kier molecular flexibility index (Phi) is 5.07. The average Bonchev–Trinajstić information content (AvgIpc) is 3.27. The molecule has 1 N–H and O–H groups in total. The molecule has 0 bridgehead atoms. The maximum atomic E-state index is 12.2. The number of aromatic nitrogens is 3. The molecule has 0 saturated heterocycles. The number of non-ortho nitro benzene ring substituents is 1. The van der Waals surface area contributed by atoms with Gasteiger partial charge in [-0.1, -0.05) is 35.9 Å². The van der Waals surface area contributed by atoms with Gasteiger partial charge >= 0.3 is 0 Å². The van der Waals surface area contributed by atoms with Gasteiger partial charge in [-0.25, -0.2) is 4.52 Å². The molecule has 0 aliphatic rings. The summed E-state index contributed by atoms with van der Waals surface area (Å²) in [7, 11) is 0. The van der Waals surface area contributed by atoms with Crippen LogP contribution in [0.2, 0.25) is 5.02 Å². The lowest BCUT2D eigenvalue weighted by Crippen LogP contribution is -2.09. The van der Waals surface area contributed by atoms with E-state index in [9.17, 15) is 14.9 Å². The zero-order valence-electron chi connectivity index (χ0n) is 14.7. The molecule has 0 unspecified atom stereocenters. The van der Waals surface area contributed by atoms with Crippen LogP contribution in [0.15, 0.2) is 60.0 Å². The van der Waals surface area contributed by atoms with Crippen LogP contribution in [0, 0.1) is 10.1 Å². The van der Waals surface area contributed by atoms with Gasteiger partial charge in [0.2, 0.25) is 4.96 Å². The third-order valence-corrected chi connectivity index (χ3v) is 5.03. The SMILES string of the molecule is O=C(/C=C/c1cccc([N+](=O)[O-])c1)Nc1nc2scc(-c3ccc(Cl)cc3)n2n1. The Morgan fingerprint density at radius 1 is 1.24 bits per heavy atom. The van der Waals surface area contributed by atoms with E-state index in [0.717, 1.165) is 11.3 Å². The van der Waals surface area contributed by atoms with Crippen LogP contribution in [-0.4, -0.2) is 25.4 Å². The van der Waals surface area contributed by atoms with Gasteiger partial charge in [-0.15, -0.1) is 16.4 Å². The number of amides is 1. The molecular weight excluding hydrogens is 414 g/mol. The van der Waals surface area contributed by atoms with E-state index in [4.69, 9.17) is 11.6 Å². The molecule has 0 aliphatic carbocycles. The van der Waals surface area contributed by atoms with E-state index in [2.05, 4.69) is 15.4 Å². The topological polar surface area (TPSA) is 102 Å². The van der Waals surface area contributed by atoms with Crippen LogP contribution >= 0.6 is 22.9 Å². The van der Waals surface area contributed by atoms with Gasteiger partial charge in [0, 0.05) is 34.2 Å². The quantitative estimate of drug-likeness (QED) is 0.284. The first-order valence-corrected chi connectivity index (χ1v) is 9.59. The molecule has 4 aromatic rings. The molecule has 0 fully saturated rings. The van der Waals surface area contributed by atoms with Gasteiger partial charge in [0.05, 0.1) is 10.6 Å². The number of fused-ring (bicyclic) bond motifs is 1. The Bertz CT molecular complexity index is 1250. The van der Waals surface area contributed by atoms with Crippen LogP contribution < -0.4 is 5.32 Å². The third-order valence-electron chi connectivity index (χ3n) is 3.96. The number of carbonyl (C=O) groups is 1. The molecule has 29 heavy (non-hydrogen) atoms. The number of nitro benzene ring substituents is 1. The van der Waals surface area contributed by atoms with E-state index in [-0.39, 0.29) is 11.6 Å². The minimum atomic E-state index is -0.489. The summed E-state index contributed by atoms with van der Waals surface area (Å²) < 4.78 is 1.65. The lowest BCUT2D eigenvalue weighted by molar-refractivity contribution is -0.384. The summed E-state index contributed by atoms with van der Waals surface area (Å²) in [6.07, 6.45) is 2.76.